The summed E-state index contributed by atoms with van der Waals surface area (Å²) < 4.78 is 10.1. The molecule has 0 amide bonds. The minimum atomic E-state index is -0.0990. The van der Waals surface area contributed by atoms with E-state index in [4.69, 9.17) is 9.47 Å². The van der Waals surface area contributed by atoms with Gasteiger partial charge in [0.25, 0.3) is 0 Å². The molecule has 4 heteroatoms. The molecule has 0 unspecified atom stereocenters. The monoisotopic (exact) mass is 194 g/mol. The van der Waals surface area contributed by atoms with Gasteiger partial charge in [-0.1, -0.05) is 0 Å². The molecule has 0 aliphatic carbocycles. The van der Waals surface area contributed by atoms with Gasteiger partial charge in [0.05, 0.1) is 19.3 Å². The van der Waals surface area contributed by atoms with Crippen molar-refractivity contribution in [1.82, 2.24) is 0 Å². The van der Waals surface area contributed by atoms with E-state index in [1.807, 2.05) is 0 Å². The third kappa shape index (κ3) is 1.19. The lowest BCUT2D eigenvalue weighted by atomic mass is 10.0. The second-order valence-electron chi connectivity index (χ2n) is 3.01. The van der Waals surface area contributed by atoms with Gasteiger partial charge in [-0.05, 0) is 12.1 Å². The van der Waals surface area contributed by atoms with E-state index in [0.717, 1.165) is 0 Å². The molecule has 0 aromatic heterocycles. The first kappa shape index (κ1) is 8.87. The number of rotatable bonds is 1. The second kappa shape index (κ2) is 3.21. The minimum Gasteiger partial charge on any atom is -0.502 e. The van der Waals surface area contributed by atoms with Gasteiger partial charge in [0.2, 0.25) is 5.75 Å². The average Bonchev–Trinajstić information content (AvgIpc) is 2.20. The van der Waals surface area contributed by atoms with Crippen molar-refractivity contribution in [2.45, 2.75) is 6.42 Å². The number of phenolic OH excluding ortho intramolecular Hbond substituents is 1. The summed E-state index contributed by atoms with van der Waals surface area (Å²) in [7, 11) is 1.45. The summed E-state index contributed by atoms with van der Waals surface area (Å²) in [5.74, 6) is 0.446. The van der Waals surface area contributed by atoms with Crippen LogP contribution in [0.3, 0.4) is 0 Å². The number of Topliss-reactive ketones (excluding diaryl/α,β-unsaturated/α-hetero) is 1. The van der Waals surface area contributed by atoms with Crippen LogP contribution in [-0.2, 0) is 0 Å². The van der Waals surface area contributed by atoms with Crippen molar-refractivity contribution < 1.29 is 19.4 Å². The molecule has 0 saturated heterocycles. The molecule has 74 valence electrons. The summed E-state index contributed by atoms with van der Waals surface area (Å²) in [6.45, 7) is 0.312. The van der Waals surface area contributed by atoms with Gasteiger partial charge < -0.3 is 14.6 Å². The maximum absolute atomic E-state index is 11.4. The van der Waals surface area contributed by atoms with Crippen molar-refractivity contribution in [2.75, 3.05) is 13.7 Å². The molecule has 1 aromatic rings. The van der Waals surface area contributed by atoms with Gasteiger partial charge in [0.1, 0.15) is 0 Å². The minimum absolute atomic E-state index is 0.01000. The smallest absolute Gasteiger partial charge is 0.201 e. The lowest BCUT2D eigenvalue weighted by Gasteiger charge is -2.18. The Bertz CT molecular complexity index is 384. The fourth-order valence-electron chi connectivity index (χ4n) is 1.46. The van der Waals surface area contributed by atoms with Crippen molar-refractivity contribution in [3.8, 4) is 17.2 Å². The molecule has 0 fully saturated rings. The molecule has 2 rings (SSSR count). The molecule has 1 aromatic carbocycles. The van der Waals surface area contributed by atoms with Gasteiger partial charge in [0.15, 0.2) is 17.3 Å². The molecule has 4 nitrogen and oxygen atoms in total. The van der Waals surface area contributed by atoms with Gasteiger partial charge in [-0.2, -0.15) is 0 Å². The standard InChI is InChI=1S/C10H10O4/c1-13-8-3-2-6-7(11)4-5-14-10(6)9(8)12/h2-3,12H,4-5H2,1H3. The molecule has 1 aliphatic rings. The Hall–Kier alpha value is -1.71. The van der Waals surface area contributed by atoms with Crippen LogP contribution in [0.5, 0.6) is 17.2 Å². The van der Waals surface area contributed by atoms with E-state index < -0.39 is 0 Å². The fraction of sp³-hybridized carbons (Fsp3) is 0.300. The van der Waals surface area contributed by atoms with Gasteiger partial charge in [-0.25, -0.2) is 0 Å². The van der Waals surface area contributed by atoms with E-state index in [9.17, 15) is 9.90 Å². The van der Waals surface area contributed by atoms with Gasteiger partial charge in [-0.3, -0.25) is 4.79 Å². The summed E-state index contributed by atoms with van der Waals surface area (Å²) in [6, 6.07) is 3.16. The van der Waals surface area contributed by atoms with E-state index >= 15 is 0 Å². The maximum Gasteiger partial charge on any atom is 0.201 e. The van der Waals surface area contributed by atoms with E-state index in [1.54, 1.807) is 12.1 Å². The number of fused-ring (bicyclic) bond motifs is 1. The molecule has 14 heavy (non-hydrogen) atoms. The van der Waals surface area contributed by atoms with Crippen LogP contribution in [0, 0.1) is 0 Å². The molecular weight excluding hydrogens is 184 g/mol. The first-order chi connectivity index (χ1) is 6.74. The largest absolute Gasteiger partial charge is 0.502 e. The van der Waals surface area contributed by atoms with E-state index in [0.29, 0.717) is 24.3 Å². The zero-order chi connectivity index (χ0) is 10.1. The third-order valence-electron chi connectivity index (χ3n) is 2.19. The maximum atomic E-state index is 11.4. The Morgan fingerprint density at radius 1 is 1.50 bits per heavy atom. The second-order valence-corrected chi connectivity index (χ2v) is 3.01. The van der Waals surface area contributed by atoms with E-state index in [1.165, 1.54) is 7.11 Å². The molecule has 1 heterocycles. The van der Waals surface area contributed by atoms with Crippen molar-refractivity contribution in [2.24, 2.45) is 0 Å². The summed E-state index contributed by atoms with van der Waals surface area (Å²) in [6.07, 6.45) is 0.360. The first-order valence-corrected chi connectivity index (χ1v) is 4.30. The van der Waals surface area contributed by atoms with Crippen molar-refractivity contribution >= 4 is 5.78 Å². The third-order valence-corrected chi connectivity index (χ3v) is 2.19. The van der Waals surface area contributed by atoms with E-state index in [2.05, 4.69) is 0 Å². The Morgan fingerprint density at radius 3 is 3.00 bits per heavy atom. The molecule has 0 spiro atoms. The van der Waals surface area contributed by atoms with Crippen molar-refractivity contribution in [3.05, 3.63) is 17.7 Å². The molecule has 1 N–H and O–H groups in total. The lowest BCUT2D eigenvalue weighted by Crippen LogP contribution is -2.15. The quantitative estimate of drug-likeness (QED) is 0.733. The number of aromatic hydroxyl groups is 1. The first-order valence-electron chi connectivity index (χ1n) is 4.30. The number of phenols is 1. The predicted octanol–water partition coefficient (Wildman–Crippen LogP) is 1.37. The van der Waals surface area contributed by atoms with Crippen LogP contribution in [0.2, 0.25) is 0 Å². The summed E-state index contributed by atoms with van der Waals surface area (Å²) in [5, 5.41) is 9.65. The predicted molar refractivity (Wildman–Crippen MR) is 49.1 cm³/mol. The lowest BCUT2D eigenvalue weighted by molar-refractivity contribution is 0.0930. The number of ketones is 1. The summed E-state index contributed by atoms with van der Waals surface area (Å²) in [4.78, 5) is 11.4. The highest BCUT2D eigenvalue weighted by Gasteiger charge is 2.23. The number of carbonyl (C=O) groups is 1. The van der Waals surface area contributed by atoms with Crippen molar-refractivity contribution in [3.63, 3.8) is 0 Å². The van der Waals surface area contributed by atoms with Gasteiger partial charge >= 0.3 is 0 Å². The summed E-state index contributed by atoms with van der Waals surface area (Å²) >= 11 is 0. The topological polar surface area (TPSA) is 55.8 Å². The fourth-order valence-corrected chi connectivity index (χ4v) is 1.46. The van der Waals surface area contributed by atoms with Crippen LogP contribution in [0.1, 0.15) is 16.8 Å². The van der Waals surface area contributed by atoms with Crippen LogP contribution in [-0.4, -0.2) is 24.6 Å². The van der Waals surface area contributed by atoms with Crippen LogP contribution in [0.25, 0.3) is 0 Å². The molecule has 0 saturated carbocycles. The van der Waals surface area contributed by atoms with Gasteiger partial charge in [-0.15, -0.1) is 0 Å². The zero-order valence-corrected chi connectivity index (χ0v) is 7.74. The summed E-state index contributed by atoms with van der Waals surface area (Å²) in [5.41, 5.74) is 0.426. The molecule has 0 bridgehead atoms. The van der Waals surface area contributed by atoms with Crippen LogP contribution >= 0.6 is 0 Å². The van der Waals surface area contributed by atoms with E-state index in [-0.39, 0.29) is 17.3 Å². The highest BCUT2D eigenvalue weighted by atomic mass is 16.5. The number of hydrogen-bond acceptors (Lipinski definition) is 4. The highest BCUT2D eigenvalue weighted by Crippen LogP contribution is 2.40. The zero-order valence-electron chi connectivity index (χ0n) is 7.74. The Kier molecular flexibility index (Phi) is 2.04. The SMILES string of the molecule is COc1ccc2c(c1O)OCCC2=O. The molecular formula is C10H10O4. The van der Waals surface area contributed by atoms with Gasteiger partial charge in [0, 0.05) is 6.42 Å². The Balaban J connectivity index is 2.57. The normalized spacial score (nSPS) is 14.5. The highest BCUT2D eigenvalue weighted by molar-refractivity contribution is 6.00. The van der Waals surface area contributed by atoms with Crippen LogP contribution in [0.15, 0.2) is 12.1 Å². The van der Waals surface area contributed by atoms with Crippen LogP contribution < -0.4 is 9.47 Å². The Morgan fingerprint density at radius 2 is 2.29 bits per heavy atom. The number of hydrogen-bond donors (Lipinski definition) is 1. The number of ether oxygens (including phenoxy) is 2. The number of carbonyl (C=O) groups excluding carboxylic acids is 1. The Labute approximate surface area is 81.1 Å². The molecule has 0 atom stereocenters. The average molecular weight is 194 g/mol. The number of methoxy groups -OCH3 is 1. The molecule has 0 radical (unpaired) electrons. The van der Waals surface area contributed by atoms with Crippen molar-refractivity contribution in [1.29, 1.82) is 0 Å². The van der Waals surface area contributed by atoms with Crippen LogP contribution in [0.4, 0.5) is 0 Å². The number of benzene rings is 1. The molecule has 1 aliphatic heterocycles.